The van der Waals surface area contributed by atoms with E-state index in [4.69, 9.17) is 9.36 Å². The molecule has 3 aliphatic rings. The van der Waals surface area contributed by atoms with Gasteiger partial charge in [-0.15, -0.1) is 0 Å². The normalized spacial score (nSPS) is 25.5. The summed E-state index contributed by atoms with van der Waals surface area (Å²) in [7, 11) is 0. The minimum Gasteiger partial charge on any atom is -0.337 e. The van der Waals surface area contributed by atoms with Gasteiger partial charge in [0, 0.05) is 12.5 Å². The number of aromatic nitrogens is 2. The molecule has 2 atom stereocenters. The minimum absolute atomic E-state index is 0.0827. The van der Waals surface area contributed by atoms with Crippen LogP contribution in [0.5, 0.6) is 0 Å². The number of hydrogen-bond acceptors (Lipinski definition) is 6. The van der Waals surface area contributed by atoms with Gasteiger partial charge in [0.05, 0.1) is 6.04 Å². The van der Waals surface area contributed by atoms with Crippen LogP contribution in [-0.4, -0.2) is 51.8 Å². The molecule has 8 nitrogen and oxygen atoms in total. The highest BCUT2D eigenvalue weighted by Gasteiger charge is 2.47. The summed E-state index contributed by atoms with van der Waals surface area (Å²) in [6.45, 7) is 3.00. The maximum absolute atomic E-state index is 12.9. The Labute approximate surface area is 163 Å². The zero-order valence-electron chi connectivity index (χ0n) is 15.8. The van der Waals surface area contributed by atoms with Crippen molar-refractivity contribution in [2.24, 2.45) is 0 Å². The number of hydroxylamine groups is 2. The Hall–Kier alpha value is -2.45. The fourth-order valence-corrected chi connectivity index (χ4v) is 4.40. The Kier molecular flexibility index (Phi) is 4.74. The molecule has 1 N–H and O–H groups in total. The molecule has 3 fully saturated rings. The van der Waals surface area contributed by atoms with Crippen LogP contribution in [0.1, 0.15) is 54.9 Å². The third-order valence-electron chi connectivity index (χ3n) is 5.98. The van der Waals surface area contributed by atoms with Gasteiger partial charge >= 0.3 is 6.03 Å². The third-order valence-corrected chi connectivity index (χ3v) is 5.98. The Morgan fingerprint density at radius 2 is 1.96 bits per heavy atom. The summed E-state index contributed by atoms with van der Waals surface area (Å²) in [4.78, 5) is 25.3. The highest BCUT2D eigenvalue weighted by Crippen LogP contribution is 2.38. The van der Waals surface area contributed by atoms with Crippen molar-refractivity contribution in [3.63, 3.8) is 0 Å². The number of urea groups is 1. The lowest BCUT2D eigenvalue weighted by Crippen LogP contribution is -2.34. The summed E-state index contributed by atoms with van der Waals surface area (Å²) in [6, 6.07) is 9.72. The van der Waals surface area contributed by atoms with Crippen molar-refractivity contribution in [2.45, 2.75) is 50.3 Å². The molecule has 2 aromatic rings. The maximum atomic E-state index is 12.9. The van der Waals surface area contributed by atoms with E-state index in [2.05, 4.69) is 15.5 Å². The van der Waals surface area contributed by atoms with Crippen molar-refractivity contribution in [1.82, 2.24) is 25.4 Å². The Balaban J connectivity index is 1.26. The van der Waals surface area contributed by atoms with Gasteiger partial charge in [-0.05, 0) is 44.3 Å². The van der Waals surface area contributed by atoms with Crippen LogP contribution in [-0.2, 0) is 11.4 Å². The van der Waals surface area contributed by atoms with Crippen LogP contribution in [0.15, 0.2) is 34.9 Å². The molecule has 0 aliphatic carbocycles. The second kappa shape index (κ2) is 7.52. The lowest BCUT2D eigenvalue weighted by atomic mass is 9.97. The first-order chi connectivity index (χ1) is 13.8. The van der Waals surface area contributed by atoms with Gasteiger partial charge in [-0.3, -0.25) is 4.84 Å². The molecule has 148 valence electrons. The van der Waals surface area contributed by atoms with E-state index in [0.29, 0.717) is 25.0 Å². The first-order valence-corrected chi connectivity index (χ1v) is 10.1. The number of amides is 2. The van der Waals surface area contributed by atoms with Crippen molar-refractivity contribution in [3.8, 4) is 0 Å². The molecule has 3 aliphatic heterocycles. The van der Waals surface area contributed by atoms with Gasteiger partial charge in [-0.2, -0.15) is 10.0 Å². The van der Waals surface area contributed by atoms with Crippen LogP contribution in [0.4, 0.5) is 4.79 Å². The van der Waals surface area contributed by atoms with Crippen LogP contribution < -0.4 is 5.32 Å². The summed E-state index contributed by atoms with van der Waals surface area (Å²) >= 11 is 0. The molecule has 1 aromatic carbocycles. The molecule has 4 heterocycles. The van der Waals surface area contributed by atoms with E-state index in [1.807, 2.05) is 35.2 Å². The predicted octanol–water partition coefficient (Wildman–Crippen LogP) is 2.61. The highest BCUT2D eigenvalue weighted by atomic mass is 16.7. The summed E-state index contributed by atoms with van der Waals surface area (Å²) in [5, 5.41) is 9.11. The molecule has 0 radical (unpaired) electrons. The SMILES string of the molecule is O=C1N2C[C@@H](CC[C@H]2c2nc(C3CCNCC3)no2)N1OCc1ccccc1. The summed E-state index contributed by atoms with van der Waals surface area (Å²) < 4.78 is 5.59. The van der Waals surface area contributed by atoms with Crippen molar-refractivity contribution in [1.29, 1.82) is 0 Å². The number of nitrogens with zero attached hydrogens (tertiary/aromatic N) is 4. The molecule has 2 amide bonds. The number of carbonyl (C=O) groups is 1. The molecule has 0 saturated carbocycles. The molecule has 2 bridgehead atoms. The van der Waals surface area contributed by atoms with E-state index < -0.39 is 0 Å². The zero-order valence-corrected chi connectivity index (χ0v) is 15.8. The van der Waals surface area contributed by atoms with Crippen LogP contribution in [0, 0.1) is 0 Å². The van der Waals surface area contributed by atoms with Crippen LogP contribution in [0.25, 0.3) is 0 Å². The number of hydrogen-bond donors (Lipinski definition) is 1. The standard InChI is InChI=1S/C20H25N5O3/c26-20-24-12-16(25(20)27-13-14-4-2-1-3-5-14)6-7-17(24)19-22-18(23-28-19)15-8-10-21-11-9-15/h1-5,15-17,21H,6-13H2/t16-,17+/m1/s1. The van der Waals surface area contributed by atoms with Gasteiger partial charge in [-0.25, -0.2) is 4.79 Å². The average Bonchev–Trinajstić information content (AvgIpc) is 3.33. The topological polar surface area (TPSA) is 83.7 Å². The van der Waals surface area contributed by atoms with Crippen LogP contribution in [0.2, 0.25) is 0 Å². The average molecular weight is 383 g/mol. The fraction of sp³-hybridized carbons (Fsp3) is 0.550. The van der Waals surface area contributed by atoms with Crippen molar-refractivity contribution < 1.29 is 14.2 Å². The van der Waals surface area contributed by atoms with Crippen molar-refractivity contribution in [3.05, 3.63) is 47.6 Å². The maximum Gasteiger partial charge on any atom is 0.345 e. The predicted molar refractivity (Wildman–Crippen MR) is 100 cm³/mol. The lowest BCUT2D eigenvalue weighted by Gasteiger charge is -2.27. The first kappa shape index (κ1) is 17.6. The number of rotatable bonds is 5. The van der Waals surface area contributed by atoms with E-state index in [1.165, 1.54) is 5.06 Å². The third kappa shape index (κ3) is 3.27. The fourth-order valence-electron chi connectivity index (χ4n) is 4.40. The molecule has 28 heavy (non-hydrogen) atoms. The van der Waals surface area contributed by atoms with E-state index >= 15 is 0 Å². The van der Waals surface area contributed by atoms with Gasteiger partial charge in [0.15, 0.2) is 5.82 Å². The van der Waals surface area contributed by atoms with Gasteiger partial charge in [0.2, 0.25) is 5.89 Å². The molecule has 5 rings (SSSR count). The molecule has 3 saturated heterocycles. The molecular formula is C20H25N5O3. The van der Waals surface area contributed by atoms with Crippen LogP contribution in [0.3, 0.4) is 0 Å². The zero-order chi connectivity index (χ0) is 18.9. The van der Waals surface area contributed by atoms with Crippen molar-refractivity contribution >= 4 is 6.03 Å². The van der Waals surface area contributed by atoms with Crippen LogP contribution >= 0.6 is 0 Å². The van der Waals surface area contributed by atoms with Crippen molar-refractivity contribution in [2.75, 3.05) is 19.6 Å². The van der Waals surface area contributed by atoms with E-state index in [1.54, 1.807) is 0 Å². The molecule has 0 unspecified atom stereocenters. The number of fused-ring (bicyclic) bond motifs is 2. The smallest absolute Gasteiger partial charge is 0.337 e. The summed E-state index contributed by atoms with van der Waals surface area (Å²) in [5.41, 5.74) is 1.05. The van der Waals surface area contributed by atoms with E-state index in [-0.39, 0.29) is 18.1 Å². The van der Waals surface area contributed by atoms with E-state index in [9.17, 15) is 4.79 Å². The van der Waals surface area contributed by atoms with Gasteiger partial charge in [-0.1, -0.05) is 35.5 Å². The Morgan fingerprint density at radius 3 is 2.79 bits per heavy atom. The Morgan fingerprint density at radius 1 is 1.14 bits per heavy atom. The highest BCUT2D eigenvalue weighted by molar-refractivity contribution is 5.77. The number of nitrogens with one attached hydrogen (secondary N) is 1. The lowest BCUT2D eigenvalue weighted by molar-refractivity contribution is -0.140. The Bertz CT molecular complexity index is 820. The summed E-state index contributed by atoms with van der Waals surface area (Å²) in [5.74, 6) is 1.68. The quantitative estimate of drug-likeness (QED) is 0.854. The first-order valence-electron chi connectivity index (χ1n) is 10.1. The molecule has 8 heteroatoms. The molecule has 0 spiro atoms. The largest absolute Gasteiger partial charge is 0.345 e. The second-order valence-corrected chi connectivity index (χ2v) is 7.78. The van der Waals surface area contributed by atoms with Gasteiger partial charge in [0.25, 0.3) is 0 Å². The number of carbonyl (C=O) groups excluding carboxylic acids is 1. The minimum atomic E-state index is -0.156. The monoisotopic (exact) mass is 383 g/mol. The second-order valence-electron chi connectivity index (χ2n) is 7.78. The van der Waals surface area contributed by atoms with Gasteiger partial charge in [0.1, 0.15) is 12.6 Å². The number of piperidine rings is 2. The molecular weight excluding hydrogens is 358 g/mol. The number of benzene rings is 1. The molecule has 1 aromatic heterocycles. The summed E-state index contributed by atoms with van der Waals surface area (Å²) in [6.07, 6.45) is 3.73. The van der Waals surface area contributed by atoms with Gasteiger partial charge < -0.3 is 14.7 Å². The van der Waals surface area contributed by atoms with E-state index in [0.717, 1.165) is 50.2 Å².